The molecule has 0 amide bonds. The van der Waals surface area contributed by atoms with Gasteiger partial charge in [0.25, 0.3) is 0 Å². The summed E-state index contributed by atoms with van der Waals surface area (Å²) in [6.07, 6.45) is 0.299. The maximum Gasteiger partial charge on any atom is 0.320 e. The van der Waals surface area contributed by atoms with E-state index in [2.05, 4.69) is 67.8 Å². The van der Waals surface area contributed by atoms with Gasteiger partial charge in [-0.2, -0.15) is 0 Å². The smallest absolute Gasteiger partial charge is 0.320 e. The first kappa shape index (κ1) is 14.7. The summed E-state index contributed by atoms with van der Waals surface area (Å²) in [5.41, 5.74) is 13.0. The molecular weight excluding hydrogens is 549 g/mol. The van der Waals surface area contributed by atoms with Gasteiger partial charge in [0.2, 0.25) is 0 Å². The number of carboxylic acids is 1. The molecule has 0 bridgehead atoms. The Hall–Kier alpha value is 0.640. The van der Waals surface area contributed by atoms with E-state index in [1.165, 1.54) is 0 Å². The van der Waals surface area contributed by atoms with Crippen molar-refractivity contribution in [2.75, 3.05) is 5.73 Å². The van der Waals surface area contributed by atoms with Crippen molar-refractivity contribution in [3.05, 3.63) is 22.3 Å². The summed E-state index contributed by atoms with van der Waals surface area (Å²) in [5, 5.41) is 8.79. The molecule has 7 heteroatoms. The molecule has 0 aromatic heterocycles. The molecule has 1 aromatic carbocycles. The van der Waals surface area contributed by atoms with Gasteiger partial charge in [0.15, 0.2) is 0 Å². The number of nitrogens with two attached hydrogens (primary N) is 2. The second-order valence-corrected chi connectivity index (χ2v) is 6.60. The fourth-order valence-electron chi connectivity index (χ4n) is 1.14. The van der Waals surface area contributed by atoms with E-state index in [0.717, 1.165) is 16.3 Å². The van der Waals surface area contributed by atoms with Crippen molar-refractivity contribution in [2.24, 2.45) is 5.73 Å². The van der Waals surface area contributed by atoms with E-state index in [1.54, 1.807) is 0 Å². The van der Waals surface area contributed by atoms with E-state index in [9.17, 15) is 4.79 Å². The van der Waals surface area contributed by atoms with E-state index >= 15 is 0 Å². The van der Waals surface area contributed by atoms with Gasteiger partial charge in [-0.3, -0.25) is 4.79 Å². The van der Waals surface area contributed by atoms with Gasteiger partial charge in [0.05, 0.1) is 5.69 Å². The Balaban J connectivity index is 3.14. The number of halogens is 3. The molecule has 0 aliphatic heterocycles. The maximum atomic E-state index is 10.7. The fraction of sp³-hybridized carbons (Fsp3) is 0.222. The molecule has 0 radical (unpaired) electrons. The lowest BCUT2D eigenvalue weighted by atomic mass is 10.1. The van der Waals surface area contributed by atoms with Crippen molar-refractivity contribution in [3.8, 4) is 0 Å². The van der Waals surface area contributed by atoms with Crippen molar-refractivity contribution >= 4 is 79.4 Å². The fourth-order valence-corrected chi connectivity index (χ4v) is 4.95. The van der Waals surface area contributed by atoms with Crippen molar-refractivity contribution < 1.29 is 9.90 Å². The number of anilines is 1. The second kappa shape index (κ2) is 6.00. The van der Waals surface area contributed by atoms with Crippen LogP contribution in [0.5, 0.6) is 0 Å². The van der Waals surface area contributed by atoms with Crippen LogP contribution >= 0.6 is 67.8 Å². The number of rotatable bonds is 3. The minimum absolute atomic E-state index is 0.299. The zero-order valence-electron chi connectivity index (χ0n) is 8.01. The summed E-state index contributed by atoms with van der Waals surface area (Å²) in [4.78, 5) is 10.7. The molecule has 5 N–H and O–H groups in total. The molecule has 16 heavy (non-hydrogen) atoms. The molecular formula is C9H9I3N2O2. The van der Waals surface area contributed by atoms with E-state index < -0.39 is 12.0 Å². The minimum atomic E-state index is -0.997. The van der Waals surface area contributed by atoms with Gasteiger partial charge in [0, 0.05) is 17.1 Å². The first-order valence-electron chi connectivity index (χ1n) is 4.24. The number of aliphatic carboxylic acids is 1. The van der Waals surface area contributed by atoms with Crippen LogP contribution in [-0.2, 0) is 11.2 Å². The molecule has 0 aliphatic rings. The molecule has 0 heterocycles. The lowest BCUT2D eigenvalue weighted by Crippen LogP contribution is -2.33. The van der Waals surface area contributed by atoms with E-state index in [-0.39, 0.29) is 0 Å². The average Bonchev–Trinajstić information content (AvgIpc) is 2.20. The van der Waals surface area contributed by atoms with Crippen LogP contribution in [0.1, 0.15) is 5.56 Å². The zero-order valence-corrected chi connectivity index (χ0v) is 14.5. The molecule has 88 valence electrons. The number of nitrogen functional groups attached to an aromatic ring is 1. The third-order valence-electron chi connectivity index (χ3n) is 2.04. The molecule has 0 saturated carbocycles. The largest absolute Gasteiger partial charge is 0.480 e. The predicted molar refractivity (Wildman–Crippen MR) is 88.3 cm³/mol. The van der Waals surface area contributed by atoms with Crippen molar-refractivity contribution in [2.45, 2.75) is 12.5 Å². The van der Waals surface area contributed by atoms with Crippen LogP contribution in [0.25, 0.3) is 0 Å². The van der Waals surface area contributed by atoms with Crippen LogP contribution in [0.15, 0.2) is 6.07 Å². The molecule has 0 spiro atoms. The van der Waals surface area contributed by atoms with Crippen molar-refractivity contribution in [3.63, 3.8) is 0 Å². The Morgan fingerprint density at radius 1 is 1.38 bits per heavy atom. The third-order valence-corrected chi connectivity index (χ3v) is 5.13. The molecule has 1 atom stereocenters. The summed E-state index contributed by atoms with van der Waals surface area (Å²) in [7, 11) is 0. The lowest BCUT2D eigenvalue weighted by molar-refractivity contribution is -0.138. The second-order valence-electron chi connectivity index (χ2n) is 3.20. The van der Waals surface area contributed by atoms with Gasteiger partial charge >= 0.3 is 5.97 Å². The highest BCUT2D eigenvalue weighted by molar-refractivity contribution is 14.1. The van der Waals surface area contributed by atoms with Gasteiger partial charge in [-0.15, -0.1) is 0 Å². The van der Waals surface area contributed by atoms with Crippen LogP contribution in [0.4, 0.5) is 5.69 Å². The highest BCUT2D eigenvalue weighted by atomic mass is 127. The first-order valence-corrected chi connectivity index (χ1v) is 7.48. The molecule has 0 unspecified atom stereocenters. The zero-order chi connectivity index (χ0) is 12.5. The highest BCUT2D eigenvalue weighted by Crippen LogP contribution is 2.30. The topological polar surface area (TPSA) is 89.3 Å². The maximum absolute atomic E-state index is 10.7. The van der Waals surface area contributed by atoms with Gasteiger partial charge in [-0.05, 0) is 79.4 Å². The summed E-state index contributed by atoms with van der Waals surface area (Å²) in [6.45, 7) is 0. The van der Waals surface area contributed by atoms with Gasteiger partial charge in [0.1, 0.15) is 6.04 Å². The average molecular weight is 558 g/mol. The van der Waals surface area contributed by atoms with Crippen LogP contribution < -0.4 is 11.5 Å². The first-order chi connectivity index (χ1) is 7.34. The number of carbonyl (C=O) groups is 1. The SMILES string of the molecule is Nc1c(I)cc(I)c(C[C@H](N)C(=O)O)c1I. The molecule has 0 saturated heterocycles. The standard InChI is InChI=1S/C9H9I3N2O2/c10-4-2-5(11)8(14)7(12)3(4)1-6(13)9(15)16/h2,6H,1,13-14H2,(H,15,16)/t6-/m0/s1. The summed E-state index contributed by atoms with van der Waals surface area (Å²) in [6, 6.07) is 1.05. The predicted octanol–water partition coefficient (Wildman–Crippen LogP) is 2.04. The van der Waals surface area contributed by atoms with E-state index in [0.29, 0.717) is 12.1 Å². The highest BCUT2D eigenvalue weighted by Gasteiger charge is 2.18. The minimum Gasteiger partial charge on any atom is -0.480 e. The molecule has 1 aromatic rings. The molecule has 1 rings (SSSR count). The van der Waals surface area contributed by atoms with Gasteiger partial charge in [-0.1, -0.05) is 0 Å². The molecule has 0 fully saturated rings. The number of hydrogen-bond acceptors (Lipinski definition) is 3. The Kier molecular flexibility index (Phi) is 5.51. The summed E-state index contributed by atoms with van der Waals surface area (Å²) < 4.78 is 2.86. The van der Waals surface area contributed by atoms with Crippen molar-refractivity contribution in [1.82, 2.24) is 0 Å². The number of hydrogen-bond donors (Lipinski definition) is 3. The molecule has 4 nitrogen and oxygen atoms in total. The van der Waals surface area contributed by atoms with E-state index in [4.69, 9.17) is 16.6 Å². The summed E-state index contributed by atoms with van der Waals surface area (Å²) in [5.74, 6) is -0.997. The molecule has 0 aliphatic carbocycles. The normalized spacial score (nSPS) is 12.5. The van der Waals surface area contributed by atoms with Gasteiger partial charge in [-0.25, -0.2) is 0 Å². The van der Waals surface area contributed by atoms with Crippen LogP contribution in [-0.4, -0.2) is 17.1 Å². The Morgan fingerprint density at radius 3 is 2.44 bits per heavy atom. The number of carboxylic acid groups (broad SMARTS) is 1. The van der Waals surface area contributed by atoms with Crippen molar-refractivity contribution in [1.29, 1.82) is 0 Å². The third kappa shape index (κ3) is 3.32. The Bertz CT molecular complexity index is 437. The van der Waals surface area contributed by atoms with Crippen LogP contribution in [0.3, 0.4) is 0 Å². The van der Waals surface area contributed by atoms with Gasteiger partial charge < -0.3 is 16.6 Å². The quantitative estimate of drug-likeness (QED) is 0.392. The Labute approximate surface area is 134 Å². The van der Waals surface area contributed by atoms with Crippen LogP contribution in [0, 0.1) is 10.7 Å². The van der Waals surface area contributed by atoms with E-state index in [1.807, 2.05) is 6.07 Å². The summed E-state index contributed by atoms with van der Waals surface area (Å²) >= 11 is 6.46. The monoisotopic (exact) mass is 558 g/mol. The Morgan fingerprint density at radius 2 is 1.94 bits per heavy atom. The number of benzene rings is 1. The lowest BCUT2D eigenvalue weighted by Gasteiger charge is -2.13. The van der Waals surface area contributed by atoms with Crippen LogP contribution in [0.2, 0.25) is 0 Å².